The SMILES string of the molecule is CCc1nn(COCC[Si](C)(C)C)c(CC)c1-c1ccc(NC(=O)OC(C)(C)C)cc1. The van der Waals surface area contributed by atoms with Crippen molar-refractivity contribution in [2.45, 2.75) is 85.5 Å². The van der Waals surface area contributed by atoms with Gasteiger partial charge in [-0.15, -0.1) is 0 Å². The maximum Gasteiger partial charge on any atom is 0.412 e. The normalized spacial score (nSPS) is 12.1. The molecule has 1 amide bonds. The van der Waals surface area contributed by atoms with E-state index in [0.29, 0.717) is 12.4 Å². The summed E-state index contributed by atoms with van der Waals surface area (Å²) >= 11 is 0. The van der Waals surface area contributed by atoms with Crippen molar-refractivity contribution >= 4 is 19.9 Å². The Morgan fingerprint density at radius 3 is 2.26 bits per heavy atom. The second-order valence-electron chi connectivity index (χ2n) is 10.0. The van der Waals surface area contributed by atoms with Crippen LogP contribution in [0.25, 0.3) is 11.1 Å². The highest BCUT2D eigenvalue weighted by Gasteiger charge is 2.19. The third kappa shape index (κ3) is 7.81. The first kappa shape index (κ1) is 25.1. The van der Waals surface area contributed by atoms with Gasteiger partial charge in [-0.25, -0.2) is 9.48 Å². The van der Waals surface area contributed by atoms with Gasteiger partial charge in [0, 0.05) is 31.6 Å². The van der Waals surface area contributed by atoms with E-state index in [1.165, 1.54) is 11.3 Å². The van der Waals surface area contributed by atoms with E-state index in [-0.39, 0.29) is 0 Å². The summed E-state index contributed by atoms with van der Waals surface area (Å²) in [6.45, 7) is 18.2. The number of benzene rings is 1. The van der Waals surface area contributed by atoms with E-state index in [2.05, 4.69) is 38.8 Å². The molecule has 7 heteroatoms. The van der Waals surface area contributed by atoms with E-state index < -0.39 is 19.8 Å². The van der Waals surface area contributed by atoms with Crippen LogP contribution in [0.5, 0.6) is 0 Å². The Morgan fingerprint density at radius 2 is 1.74 bits per heavy atom. The summed E-state index contributed by atoms with van der Waals surface area (Å²) in [7, 11) is -1.11. The molecule has 1 aromatic carbocycles. The zero-order valence-electron chi connectivity index (χ0n) is 20.5. The molecule has 0 aliphatic heterocycles. The van der Waals surface area contributed by atoms with Crippen LogP contribution in [0.3, 0.4) is 0 Å². The Kier molecular flexibility index (Phi) is 8.48. The van der Waals surface area contributed by atoms with E-state index >= 15 is 0 Å². The summed E-state index contributed by atoms with van der Waals surface area (Å²) in [5.41, 5.74) is 4.69. The largest absolute Gasteiger partial charge is 0.444 e. The summed E-state index contributed by atoms with van der Waals surface area (Å²) in [4.78, 5) is 12.0. The Bertz CT molecular complexity index is 862. The van der Waals surface area contributed by atoms with Crippen LogP contribution < -0.4 is 5.32 Å². The van der Waals surface area contributed by atoms with Gasteiger partial charge in [-0.3, -0.25) is 5.32 Å². The number of carbonyl (C=O) groups is 1. The monoisotopic (exact) mass is 445 g/mol. The molecule has 0 radical (unpaired) electrons. The van der Waals surface area contributed by atoms with Crippen LogP contribution >= 0.6 is 0 Å². The zero-order chi connectivity index (χ0) is 23.2. The van der Waals surface area contributed by atoms with Crippen LogP contribution in [-0.4, -0.2) is 36.2 Å². The highest BCUT2D eigenvalue weighted by molar-refractivity contribution is 6.76. The van der Waals surface area contributed by atoms with Gasteiger partial charge < -0.3 is 9.47 Å². The fraction of sp³-hybridized carbons (Fsp3) is 0.583. The van der Waals surface area contributed by atoms with Crippen molar-refractivity contribution in [1.82, 2.24) is 9.78 Å². The van der Waals surface area contributed by atoms with Crippen LogP contribution in [0.2, 0.25) is 25.7 Å². The molecular weight excluding hydrogens is 406 g/mol. The number of nitrogens with zero attached hydrogens (tertiary/aromatic N) is 2. The number of aromatic nitrogens is 2. The molecular formula is C24H39N3O3Si. The number of hydrogen-bond donors (Lipinski definition) is 1. The molecule has 1 N–H and O–H groups in total. The topological polar surface area (TPSA) is 65.4 Å². The van der Waals surface area contributed by atoms with Crippen LogP contribution in [-0.2, 0) is 29.0 Å². The number of nitrogens with one attached hydrogen (secondary N) is 1. The molecule has 0 saturated carbocycles. The average molecular weight is 446 g/mol. The molecule has 0 bridgehead atoms. The van der Waals surface area contributed by atoms with Gasteiger partial charge in [0.05, 0.1) is 5.69 Å². The van der Waals surface area contributed by atoms with Crippen molar-refractivity contribution in [2.24, 2.45) is 0 Å². The number of rotatable bonds is 9. The first-order chi connectivity index (χ1) is 14.4. The van der Waals surface area contributed by atoms with Crippen molar-refractivity contribution in [3.63, 3.8) is 0 Å². The third-order valence-corrected chi connectivity index (χ3v) is 6.53. The molecule has 0 aliphatic rings. The predicted octanol–water partition coefficient (Wildman–Crippen LogP) is 6.33. The third-order valence-electron chi connectivity index (χ3n) is 4.83. The molecule has 31 heavy (non-hydrogen) atoms. The fourth-order valence-electron chi connectivity index (χ4n) is 3.27. The maximum atomic E-state index is 12.0. The molecule has 0 aliphatic carbocycles. The van der Waals surface area contributed by atoms with Gasteiger partial charge in [0.1, 0.15) is 12.3 Å². The highest BCUT2D eigenvalue weighted by atomic mass is 28.3. The number of ether oxygens (including phenoxy) is 2. The van der Waals surface area contributed by atoms with E-state index in [1.54, 1.807) is 0 Å². The van der Waals surface area contributed by atoms with Crippen LogP contribution in [0.15, 0.2) is 24.3 Å². The van der Waals surface area contributed by atoms with Crippen LogP contribution in [0, 0.1) is 0 Å². The molecule has 2 rings (SSSR count). The van der Waals surface area contributed by atoms with Crippen molar-refractivity contribution < 1.29 is 14.3 Å². The van der Waals surface area contributed by atoms with Gasteiger partial charge in [-0.05, 0) is 57.4 Å². The van der Waals surface area contributed by atoms with E-state index in [0.717, 1.165) is 36.8 Å². The van der Waals surface area contributed by atoms with Gasteiger partial charge >= 0.3 is 6.09 Å². The van der Waals surface area contributed by atoms with Crippen molar-refractivity contribution in [2.75, 3.05) is 11.9 Å². The van der Waals surface area contributed by atoms with Crippen molar-refractivity contribution in [3.05, 3.63) is 35.7 Å². The van der Waals surface area contributed by atoms with Gasteiger partial charge in [-0.2, -0.15) is 5.10 Å². The molecule has 0 atom stereocenters. The Hall–Kier alpha value is -2.12. The maximum absolute atomic E-state index is 12.0. The number of anilines is 1. The molecule has 2 aromatic rings. The molecule has 0 spiro atoms. The lowest BCUT2D eigenvalue weighted by Crippen LogP contribution is -2.27. The lowest BCUT2D eigenvalue weighted by molar-refractivity contribution is 0.0636. The molecule has 0 fully saturated rings. The summed E-state index contributed by atoms with van der Waals surface area (Å²) in [6.07, 6.45) is 1.27. The second-order valence-corrected chi connectivity index (χ2v) is 15.6. The van der Waals surface area contributed by atoms with Gasteiger partial charge in [0.25, 0.3) is 0 Å². The van der Waals surface area contributed by atoms with Crippen molar-refractivity contribution in [1.29, 1.82) is 0 Å². The standard InChI is InChI=1S/C24H39N3O3Si/c1-9-20-22(21(10-2)27(26-20)17-29-15-16-31(6,7)8)18-11-13-19(14-12-18)25-23(28)30-24(3,4)5/h11-14H,9-10,15-17H2,1-8H3,(H,25,28). The minimum Gasteiger partial charge on any atom is -0.444 e. The zero-order valence-corrected chi connectivity index (χ0v) is 21.5. The van der Waals surface area contributed by atoms with Crippen LogP contribution in [0.1, 0.15) is 46.0 Å². The summed E-state index contributed by atoms with van der Waals surface area (Å²) < 4.78 is 13.3. The molecule has 0 saturated heterocycles. The quantitative estimate of drug-likeness (QED) is 0.361. The average Bonchev–Trinajstić information content (AvgIpc) is 3.01. The number of aryl methyl sites for hydroxylation is 1. The molecule has 172 valence electrons. The number of carbonyl (C=O) groups excluding carboxylic acids is 1. The van der Waals surface area contributed by atoms with E-state index in [1.807, 2.05) is 49.7 Å². The molecule has 0 unspecified atom stereocenters. The highest BCUT2D eigenvalue weighted by Crippen LogP contribution is 2.30. The van der Waals surface area contributed by atoms with Gasteiger partial charge in [0.15, 0.2) is 0 Å². The van der Waals surface area contributed by atoms with Gasteiger partial charge in [-0.1, -0.05) is 45.6 Å². The number of hydrogen-bond acceptors (Lipinski definition) is 4. The van der Waals surface area contributed by atoms with Crippen molar-refractivity contribution in [3.8, 4) is 11.1 Å². The predicted molar refractivity (Wildman–Crippen MR) is 130 cm³/mol. The lowest BCUT2D eigenvalue weighted by Gasteiger charge is -2.19. The second kappa shape index (κ2) is 10.5. The molecule has 1 heterocycles. The summed E-state index contributed by atoms with van der Waals surface area (Å²) in [5, 5.41) is 7.62. The first-order valence-electron chi connectivity index (χ1n) is 11.2. The fourth-order valence-corrected chi connectivity index (χ4v) is 4.03. The van der Waals surface area contributed by atoms with E-state index in [9.17, 15) is 4.79 Å². The molecule has 6 nitrogen and oxygen atoms in total. The van der Waals surface area contributed by atoms with E-state index in [4.69, 9.17) is 14.6 Å². The Balaban J connectivity index is 2.17. The lowest BCUT2D eigenvalue weighted by atomic mass is 10.0. The smallest absolute Gasteiger partial charge is 0.412 e. The summed E-state index contributed by atoms with van der Waals surface area (Å²) in [5.74, 6) is 0. The molecule has 1 aromatic heterocycles. The summed E-state index contributed by atoms with van der Waals surface area (Å²) in [6, 6.07) is 9.01. The minimum absolute atomic E-state index is 0.452. The van der Waals surface area contributed by atoms with Gasteiger partial charge in [0.2, 0.25) is 0 Å². The van der Waals surface area contributed by atoms with Crippen LogP contribution in [0.4, 0.5) is 10.5 Å². The Labute approximate surface area is 188 Å². The Morgan fingerprint density at radius 1 is 1.10 bits per heavy atom. The minimum atomic E-state index is -1.11. The first-order valence-corrected chi connectivity index (χ1v) is 14.9. The number of amides is 1.